The average Bonchev–Trinajstić information content (AvgIpc) is 3.35. The van der Waals surface area contributed by atoms with Crippen molar-refractivity contribution >= 4 is 13.7 Å². The molecule has 0 bridgehead atoms. The second kappa shape index (κ2) is 54.3. The first-order valence-electron chi connectivity index (χ1n) is 31.8. The molecule has 3 N–H and O–H groups in total. The van der Waals surface area contributed by atoms with Crippen molar-refractivity contribution in [3.8, 4) is 0 Å². The number of phosphoric acid groups is 1. The Morgan fingerprint density at radius 1 is 0.493 bits per heavy atom. The van der Waals surface area contributed by atoms with Crippen LogP contribution in [0.5, 0.6) is 0 Å². The molecule has 0 radical (unpaired) electrons. The standard InChI is InChI=1S/C63H125N2O7P/c1-6-8-10-12-14-16-18-20-21-22-23-24-25-26-27-28-29-30-31-32-33-34-35-36-37-38-39-40-41-42-43-44-46-48-50-52-54-56-62(67)64-60(59-72-73(69,70)71-58-57-65(3,4)5)63(68)61(66)55-53-51-49-47-45-19-17-15-13-11-9-7-2/h18,20,22-23,60-61,63,66,68H,6-17,19,21,24-59H2,1-5H3,(H-,64,67,69,70)/b20-18-,23-22-. The molecule has 9 nitrogen and oxygen atoms in total. The van der Waals surface area contributed by atoms with Crippen LogP contribution in [0.15, 0.2) is 24.3 Å². The Hall–Kier alpha value is -1.06. The van der Waals surface area contributed by atoms with Crippen LogP contribution in [0.2, 0.25) is 0 Å². The number of hydrogen-bond donors (Lipinski definition) is 3. The Labute approximate surface area is 454 Å². The molecule has 0 aromatic heterocycles. The SMILES string of the molecule is CCCCCCC/C=C\C/C=C\CCCCCCCCCCCCCCCCCCCCCCCCCCCC(=O)NC(COP(=O)([O-])OCC[N+](C)(C)C)C(O)C(O)CCCCCCCCCCCCCC. The highest BCUT2D eigenvalue weighted by atomic mass is 31.2. The number of phosphoric ester groups is 1. The van der Waals surface area contributed by atoms with Crippen molar-refractivity contribution in [2.75, 3.05) is 40.9 Å². The van der Waals surface area contributed by atoms with E-state index in [0.29, 0.717) is 17.4 Å². The topological polar surface area (TPSA) is 128 Å². The van der Waals surface area contributed by atoms with Gasteiger partial charge in [-0.2, -0.15) is 0 Å². The van der Waals surface area contributed by atoms with E-state index in [4.69, 9.17) is 9.05 Å². The van der Waals surface area contributed by atoms with Crippen LogP contribution in [0.4, 0.5) is 0 Å². The number of nitrogens with zero attached hydrogens (tertiary/aromatic N) is 1. The Morgan fingerprint density at radius 3 is 1.18 bits per heavy atom. The van der Waals surface area contributed by atoms with Crippen molar-refractivity contribution in [3.05, 3.63) is 24.3 Å². The summed E-state index contributed by atoms with van der Waals surface area (Å²) in [5, 5.41) is 24.8. The van der Waals surface area contributed by atoms with Crippen LogP contribution in [0.3, 0.4) is 0 Å². The second-order valence-corrected chi connectivity index (χ2v) is 24.7. The summed E-state index contributed by atoms with van der Waals surface area (Å²) in [5.74, 6) is -0.272. The zero-order valence-corrected chi connectivity index (χ0v) is 50.1. The van der Waals surface area contributed by atoms with Crippen LogP contribution in [-0.2, 0) is 18.4 Å². The van der Waals surface area contributed by atoms with Gasteiger partial charge in [0.15, 0.2) is 0 Å². The number of rotatable bonds is 59. The molecule has 0 aromatic rings. The fourth-order valence-electron chi connectivity index (χ4n) is 9.76. The average molecular weight is 1050 g/mol. The molecule has 0 rings (SSSR count). The number of amides is 1. The van der Waals surface area contributed by atoms with Gasteiger partial charge >= 0.3 is 0 Å². The first-order chi connectivity index (χ1) is 35.4. The third-order valence-electron chi connectivity index (χ3n) is 14.8. The van der Waals surface area contributed by atoms with Gasteiger partial charge in [-0.3, -0.25) is 9.36 Å². The molecule has 0 spiro atoms. The van der Waals surface area contributed by atoms with Gasteiger partial charge in [0.2, 0.25) is 5.91 Å². The maximum atomic E-state index is 13.0. The molecular formula is C63H125N2O7P. The first-order valence-corrected chi connectivity index (χ1v) is 33.2. The molecule has 0 aliphatic carbocycles. The highest BCUT2D eigenvalue weighted by molar-refractivity contribution is 7.45. The second-order valence-electron chi connectivity index (χ2n) is 23.3. The molecular weight excluding hydrogens is 928 g/mol. The molecule has 10 heteroatoms. The zero-order chi connectivity index (χ0) is 53.6. The molecule has 4 unspecified atom stereocenters. The van der Waals surface area contributed by atoms with Crippen molar-refractivity contribution in [2.45, 2.75) is 334 Å². The predicted molar refractivity (Wildman–Crippen MR) is 313 cm³/mol. The summed E-state index contributed by atoms with van der Waals surface area (Å²) < 4.78 is 23.3. The van der Waals surface area contributed by atoms with E-state index in [0.717, 1.165) is 44.9 Å². The molecule has 0 saturated carbocycles. The third-order valence-corrected chi connectivity index (χ3v) is 15.7. The number of nitrogens with one attached hydrogen (secondary N) is 1. The van der Waals surface area contributed by atoms with E-state index in [-0.39, 0.29) is 18.9 Å². The largest absolute Gasteiger partial charge is 0.756 e. The van der Waals surface area contributed by atoms with Crippen molar-refractivity contribution in [1.29, 1.82) is 0 Å². The van der Waals surface area contributed by atoms with Gasteiger partial charge < -0.3 is 34.0 Å². The Morgan fingerprint density at radius 2 is 0.822 bits per heavy atom. The van der Waals surface area contributed by atoms with E-state index in [1.54, 1.807) is 0 Å². The van der Waals surface area contributed by atoms with E-state index in [9.17, 15) is 24.5 Å². The number of unbranched alkanes of at least 4 members (excludes halogenated alkanes) is 41. The molecule has 0 saturated heterocycles. The third kappa shape index (κ3) is 55.5. The number of aliphatic hydroxyl groups excluding tert-OH is 2. The van der Waals surface area contributed by atoms with Crippen LogP contribution >= 0.6 is 7.82 Å². The van der Waals surface area contributed by atoms with E-state index in [1.165, 1.54) is 244 Å². The number of hydrogen-bond acceptors (Lipinski definition) is 7. The van der Waals surface area contributed by atoms with Crippen molar-refractivity contribution in [1.82, 2.24) is 5.32 Å². The quantitative estimate of drug-likeness (QED) is 0.0239. The molecule has 0 heterocycles. The molecule has 0 fully saturated rings. The molecule has 434 valence electrons. The number of likely N-dealkylation sites (N-methyl/N-ethyl adjacent to an activating group) is 1. The first kappa shape index (κ1) is 71.9. The summed E-state index contributed by atoms with van der Waals surface area (Å²) in [6.07, 6.45) is 65.6. The summed E-state index contributed by atoms with van der Waals surface area (Å²) in [6.45, 7) is 4.46. The molecule has 1 amide bonds. The minimum absolute atomic E-state index is 0.0379. The fourth-order valence-corrected chi connectivity index (χ4v) is 10.5. The lowest BCUT2D eigenvalue weighted by Gasteiger charge is -2.31. The highest BCUT2D eigenvalue weighted by Crippen LogP contribution is 2.38. The van der Waals surface area contributed by atoms with Gasteiger partial charge in [-0.1, -0.05) is 289 Å². The molecule has 73 heavy (non-hydrogen) atoms. The molecule has 0 aliphatic heterocycles. The number of carbonyl (C=O) groups is 1. The molecule has 0 aromatic carbocycles. The lowest BCUT2D eigenvalue weighted by molar-refractivity contribution is -0.870. The lowest BCUT2D eigenvalue weighted by Crippen LogP contribution is -2.51. The number of allylic oxidation sites excluding steroid dienone is 4. The normalized spacial score (nSPS) is 14.4. The maximum absolute atomic E-state index is 13.0. The number of quaternary nitrogens is 1. The minimum Gasteiger partial charge on any atom is -0.756 e. The van der Waals surface area contributed by atoms with Crippen LogP contribution in [0, 0.1) is 0 Å². The van der Waals surface area contributed by atoms with Crippen LogP contribution in [0.1, 0.15) is 316 Å². The Bertz CT molecular complexity index is 1260. The Kier molecular flexibility index (Phi) is 53.5. The van der Waals surface area contributed by atoms with E-state index in [2.05, 4.69) is 43.5 Å². The van der Waals surface area contributed by atoms with Gasteiger partial charge in [-0.05, 0) is 44.9 Å². The van der Waals surface area contributed by atoms with Gasteiger partial charge in [0, 0.05) is 6.42 Å². The van der Waals surface area contributed by atoms with E-state index >= 15 is 0 Å². The van der Waals surface area contributed by atoms with Gasteiger partial charge in [0.05, 0.1) is 39.9 Å². The van der Waals surface area contributed by atoms with E-state index in [1.807, 2.05) is 21.1 Å². The molecule has 0 aliphatic rings. The zero-order valence-electron chi connectivity index (χ0n) is 49.2. The number of aliphatic hydroxyl groups is 2. The Balaban J connectivity index is 3.94. The minimum atomic E-state index is -4.67. The monoisotopic (exact) mass is 1050 g/mol. The summed E-state index contributed by atoms with van der Waals surface area (Å²) in [4.78, 5) is 25.6. The van der Waals surface area contributed by atoms with Gasteiger partial charge in [-0.15, -0.1) is 0 Å². The van der Waals surface area contributed by atoms with Gasteiger partial charge in [0.1, 0.15) is 19.3 Å². The lowest BCUT2D eigenvalue weighted by atomic mass is 9.99. The van der Waals surface area contributed by atoms with Crippen LogP contribution in [0.25, 0.3) is 0 Å². The summed E-state index contributed by atoms with van der Waals surface area (Å²) >= 11 is 0. The molecule has 4 atom stereocenters. The highest BCUT2D eigenvalue weighted by Gasteiger charge is 2.29. The number of carbonyl (C=O) groups excluding carboxylic acids is 1. The van der Waals surface area contributed by atoms with E-state index < -0.39 is 32.7 Å². The maximum Gasteiger partial charge on any atom is 0.268 e. The van der Waals surface area contributed by atoms with Crippen molar-refractivity contribution < 1.29 is 38.0 Å². The van der Waals surface area contributed by atoms with Crippen LogP contribution in [-0.4, -0.2) is 79.8 Å². The van der Waals surface area contributed by atoms with Crippen molar-refractivity contribution in [3.63, 3.8) is 0 Å². The fraction of sp³-hybridized carbons (Fsp3) is 0.921. The van der Waals surface area contributed by atoms with Gasteiger partial charge in [0.25, 0.3) is 7.82 Å². The van der Waals surface area contributed by atoms with Crippen molar-refractivity contribution in [2.24, 2.45) is 0 Å². The smallest absolute Gasteiger partial charge is 0.268 e. The van der Waals surface area contributed by atoms with Gasteiger partial charge in [-0.25, -0.2) is 0 Å². The predicted octanol–water partition coefficient (Wildman–Crippen LogP) is 17.9. The van der Waals surface area contributed by atoms with Crippen LogP contribution < -0.4 is 10.2 Å². The summed E-state index contributed by atoms with van der Waals surface area (Å²) in [7, 11) is 1.14. The summed E-state index contributed by atoms with van der Waals surface area (Å²) in [6, 6.07) is -1.07. The summed E-state index contributed by atoms with van der Waals surface area (Å²) in [5.41, 5.74) is 0.